The Labute approximate surface area is 124 Å². The summed E-state index contributed by atoms with van der Waals surface area (Å²) in [6.07, 6.45) is 2.57. The van der Waals surface area contributed by atoms with Gasteiger partial charge in [-0.3, -0.25) is 4.79 Å². The topological polar surface area (TPSA) is 65.5 Å². The van der Waals surface area contributed by atoms with Crippen LogP contribution in [-0.2, 0) is 0 Å². The highest BCUT2D eigenvalue weighted by molar-refractivity contribution is 5.95. The number of nitrogens with one attached hydrogen (secondary N) is 1. The van der Waals surface area contributed by atoms with Crippen molar-refractivity contribution < 1.29 is 14.3 Å². The van der Waals surface area contributed by atoms with Crippen LogP contribution >= 0.6 is 0 Å². The van der Waals surface area contributed by atoms with E-state index >= 15 is 0 Å². The van der Waals surface area contributed by atoms with Gasteiger partial charge < -0.3 is 15.3 Å². The fourth-order valence-corrected chi connectivity index (χ4v) is 2.65. The summed E-state index contributed by atoms with van der Waals surface area (Å²) in [6.45, 7) is 5.25. The van der Waals surface area contributed by atoms with Crippen LogP contribution in [0.15, 0.2) is 12.3 Å². The van der Waals surface area contributed by atoms with Crippen molar-refractivity contribution in [3.63, 3.8) is 0 Å². The molecule has 116 valence electrons. The first-order valence-electron chi connectivity index (χ1n) is 7.40. The molecule has 0 aliphatic carbocycles. The number of amides is 1. The minimum Gasteiger partial charge on any atom is -0.393 e. The summed E-state index contributed by atoms with van der Waals surface area (Å²) in [5.74, 6) is -0.573. The van der Waals surface area contributed by atoms with E-state index < -0.39 is 5.82 Å². The maximum absolute atomic E-state index is 14.3. The molecule has 5 nitrogen and oxygen atoms in total. The maximum Gasteiger partial charge on any atom is 0.257 e. The predicted molar refractivity (Wildman–Crippen MR) is 78.7 cm³/mol. The number of anilines is 1. The van der Waals surface area contributed by atoms with Crippen molar-refractivity contribution >= 4 is 11.7 Å². The van der Waals surface area contributed by atoms with Crippen molar-refractivity contribution in [3.05, 3.63) is 23.6 Å². The molecule has 1 fully saturated rings. The Kier molecular flexibility index (Phi) is 5.12. The third kappa shape index (κ3) is 3.50. The first kappa shape index (κ1) is 15.7. The zero-order chi connectivity index (χ0) is 15.4. The van der Waals surface area contributed by atoms with Crippen LogP contribution in [-0.4, -0.2) is 46.6 Å². The number of aromatic nitrogens is 1. The van der Waals surface area contributed by atoms with Crippen LogP contribution in [0.25, 0.3) is 0 Å². The number of pyridine rings is 1. The summed E-state index contributed by atoms with van der Waals surface area (Å²) in [4.78, 5) is 18.0. The van der Waals surface area contributed by atoms with Crippen LogP contribution in [0.5, 0.6) is 0 Å². The lowest BCUT2D eigenvalue weighted by Gasteiger charge is -2.33. The molecule has 0 saturated carbocycles. The van der Waals surface area contributed by atoms with E-state index in [1.165, 1.54) is 12.3 Å². The second kappa shape index (κ2) is 6.85. The molecular formula is C15H22FN3O2. The predicted octanol–water partition coefficient (Wildman–Crippen LogP) is 1.89. The third-order valence-electron chi connectivity index (χ3n) is 3.97. The van der Waals surface area contributed by atoms with Gasteiger partial charge in [0.1, 0.15) is 0 Å². The molecule has 1 atom stereocenters. The Balaban J connectivity index is 2.09. The molecule has 0 spiro atoms. The minimum absolute atomic E-state index is 0.0523. The largest absolute Gasteiger partial charge is 0.393 e. The van der Waals surface area contributed by atoms with Crippen molar-refractivity contribution in [1.29, 1.82) is 0 Å². The molecule has 1 aromatic heterocycles. The molecule has 0 aromatic carbocycles. The standard InChI is InChI=1S/C15H22FN3O2/c1-3-17-14-13(16)12(4-7-18-14)15(21)19-8-5-11(6-9-19)10(2)20/h4,7,10-11,20H,3,5-6,8-9H2,1-2H3,(H,17,18). The molecule has 2 heterocycles. The van der Waals surface area contributed by atoms with E-state index in [0.717, 1.165) is 12.8 Å². The quantitative estimate of drug-likeness (QED) is 0.890. The third-order valence-corrected chi connectivity index (χ3v) is 3.97. The van der Waals surface area contributed by atoms with E-state index in [2.05, 4.69) is 10.3 Å². The Morgan fingerprint density at radius 2 is 2.24 bits per heavy atom. The Bertz CT molecular complexity index is 500. The van der Waals surface area contributed by atoms with Gasteiger partial charge in [0, 0.05) is 25.8 Å². The van der Waals surface area contributed by atoms with Gasteiger partial charge in [-0.1, -0.05) is 0 Å². The fraction of sp³-hybridized carbons (Fsp3) is 0.600. The van der Waals surface area contributed by atoms with E-state index in [9.17, 15) is 14.3 Å². The normalized spacial score (nSPS) is 17.6. The number of halogens is 1. The first-order valence-corrected chi connectivity index (χ1v) is 7.40. The summed E-state index contributed by atoms with van der Waals surface area (Å²) in [6, 6.07) is 1.42. The number of carbonyl (C=O) groups excluding carboxylic acids is 1. The van der Waals surface area contributed by atoms with Crippen LogP contribution in [0.4, 0.5) is 10.2 Å². The van der Waals surface area contributed by atoms with Gasteiger partial charge in [-0.15, -0.1) is 0 Å². The number of aliphatic hydroxyl groups is 1. The summed E-state index contributed by atoms with van der Waals surface area (Å²) >= 11 is 0. The number of nitrogens with zero attached hydrogens (tertiary/aromatic N) is 2. The lowest BCUT2D eigenvalue weighted by molar-refractivity contribution is 0.0518. The zero-order valence-electron chi connectivity index (χ0n) is 12.5. The number of likely N-dealkylation sites (tertiary alicyclic amines) is 1. The maximum atomic E-state index is 14.3. The minimum atomic E-state index is -0.595. The average molecular weight is 295 g/mol. The lowest BCUT2D eigenvalue weighted by Crippen LogP contribution is -2.41. The van der Waals surface area contributed by atoms with Crippen LogP contribution < -0.4 is 5.32 Å². The van der Waals surface area contributed by atoms with Gasteiger partial charge in [-0.05, 0) is 38.7 Å². The summed E-state index contributed by atoms with van der Waals surface area (Å²) < 4.78 is 14.3. The van der Waals surface area contributed by atoms with Crippen molar-refractivity contribution in [2.75, 3.05) is 25.0 Å². The van der Waals surface area contributed by atoms with Gasteiger partial charge >= 0.3 is 0 Å². The highest BCUT2D eigenvalue weighted by Crippen LogP contribution is 2.23. The second-order valence-electron chi connectivity index (χ2n) is 5.42. The SMILES string of the molecule is CCNc1nccc(C(=O)N2CCC(C(C)O)CC2)c1F. The second-order valence-corrected chi connectivity index (χ2v) is 5.42. The van der Waals surface area contributed by atoms with Crippen LogP contribution in [0, 0.1) is 11.7 Å². The van der Waals surface area contributed by atoms with Crippen LogP contribution in [0.3, 0.4) is 0 Å². The molecule has 1 saturated heterocycles. The van der Waals surface area contributed by atoms with Gasteiger partial charge in [0.15, 0.2) is 11.6 Å². The van der Waals surface area contributed by atoms with Crippen LogP contribution in [0.2, 0.25) is 0 Å². The molecular weight excluding hydrogens is 273 g/mol. The molecule has 1 aliphatic rings. The monoisotopic (exact) mass is 295 g/mol. The summed E-state index contributed by atoms with van der Waals surface area (Å²) in [5.41, 5.74) is 0.0523. The summed E-state index contributed by atoms with van der Waals surface area (Å²) in [5, 5.41) is 12.4. The van der Waals surface area contributed by atoms with Crippen molar-refractivity contribution in [2.24, 2.45) is 5.92 Å². The van der Waals surface area contributed by atoms with E-state index in [-0.39, 0.29) is 29.3 Å². The first-order chi connectivity index (χ1) is 10.0. The van der Waals surface area contributed by atoms with Crippen molar-refractivity contribution in [1.82, 2.24) is 9.88 Å². The highest BCUT2D eigenvalue weighted by atomic mass is 19.1. The number of aliphatic hydroxyl groups excluding tert-OH is 1. The zero-order valence-corrected chi connectivity index (χ0v) is 12.5. The Morgan fingerprint density at radius 3 is 2.81 bits per heavy atom. The van der Waals surface area contributed by atoms with E-state index in [1.807, 2.05) is 6.92 Å². The Morgan fingerprint density at radius 1 is 1.57 bits per heavy atom. The molecule has 6 heteroatoms. The molecule has 0 radical (unpaired) electrons. The molecule has 0 bridgehead atoms. The molecule has 21 heavy (non-hydrogen) atoms. The van der Waals surface area contributed by atoms with Gasteiger partial charge in [-0.25, -0.2) is 9.37 Å². The van der Waals surface area contributed by atoms with E-state index in [1.54, 1.807) is 11.8 Å². The number of piperidine rings is 1. The molecule has 1 aliphatic heterocycles. The number of carbonyl (C=O) groups is 1. The lowest BCUT2D eigenvalue weighted by atomic mass is 9.92. The number of rotatable bonds is 4. The highest BCUT2D eigenvalue weighted by Gasteiger charge is 2.28. The number of hydrogen-bond donors (Lipinski definition) is 2. The average Bonchev–Trinajstić information content (AvgIpc) is 2.49. The number of hydrogen-bond acceptors (Lipinski definition) is 4. The molecule has 2 N–H and O–H groups in total. The molecule has 1 unspecified atom stereocenters. The smallest absolute Gasteiger partial charge is 0.257 e. The Hall–Kier alpha value is -1.69. The molecule has 1 aromatic rings. The van der Waals surface area contributed by atoms with Gasteiger partial charge in [0.2, 0.25) is 0 Å². The molecule has 1 amide bonds. The van der Waals surface area contributed by atoms with E-state index in [0.29, 0.717) is 19.6 Å². The van der Waals surface area contributed by atoms with Crippen molar-refractivity contribution in [3.8, 4) is 0 Å². The van der Waals surface area contributed by atoms with E-state index in [4.69, 9.17) is 0 Å². The fourth-order valence-electron chi connectivity index (χ4n) is 2.65. The van der Waals surface area contributed by atoms with Crippen molar-refractivity contribution in [2.45, 2.75) is 32.8 Å². The molecule has 2 rings (SSSR count). The van der Waals surface area contributed by atoms with Gasteiger partial charge in [0.25, 0.3) is 5.91 Å². The van der Waals surface area contributed by atoms with Gasteiger partial charge in [0.05, 0.1) is 11.7 Å². The summed E-state index contributed by atoms with van der Waals surface area (Å²) in [7, 11) is 0. The van der Waals surface area contributed by atoms with Gasteiger partial charge in [-0.2, -0.15) is 0 Å². The van der Waals surface area contributed by atoms with Crippen LogP contribution in [0.1, 0.15) is 37.0 Å².